The normalized spacial score (nSPS) is 24.3. The van der Waals surface area contributed by atoms with Gasteiger partial charge in [-0.1, -0.05) is 0 Å². The minimum Gasteiger partial charge on any atom is -0.461 e. The number of aliphatic hydroxyl groups excluding tert-OH is 2. The van der Waals surface area contributed by atoms with Crippen LogP contribution in [0.25, 0.3) is 0 Å². The lowest BCUT2D eigenvalue weighted by molar-refractivity contribution is -0.339. The van der Waals surface area contributed by atoms with Gasteiger partial charge in [0.05, 0.1) is 13.2 Å². The molecule has 0 amide bonds. The van der Waals surface area contributed by atoms with Crippen molar-refractivity contribution in [2.75, 3.05) is 19.8 Å². The summed E-state index contributed by atoms with van der Waals surface area (Å²) in [6.07, 6.45) is -0.464. The molecule has 0 radical (unpaired) electrons. The zero-order valence-corrected chi connectivity index (χ0v) is 7.72. The van der Waals surface area contributed by atoms with E-state index in [0.717, 1.165) is 6.42 Å². The molecule has 0 bridgehead atoms. The van der Waals surface area contributed by atoms with Crippen molar-refractivity contribution in [1.82, 2.24) is 0 Å². The first-order valence-electron chi connectivity index (χ1n) is 4.48. The minimum atomic E-state index is -1.04. The third-order valence-corrected chi connectivity index (χ3v) is 1.77. The molecule has 2 atom stereocenters. The molecule has 1 fully saturated rings. The summed E-state index contributed by atoms with van der Waals surface area (Å²) in [5, 5.41) is 17.4. The number of rotatable bonds is 4. The highest BCUT2D eigenvalue weighted by Crippen LogP contribution is 2.11. The Kier molecular flexibility index (Phi) is 4.81. The summed E-state index contributed by atoms with van der Waals surface area (Å²) in [5.41, 5.74) is 0. The first-order chi connectivity index (χ1) is 6.74. The molecule has 0 aromatic carbocycles. The molecule has 82 valence electrons. The van der Waals surface area contributed by atoms with Gasteiger partial charge in [-0.25, -0.2) is 14.6 Å². The van der Waals surface area contributed by atoms with Gasteiger partial charge in [-0.15, -0.1) is 0 Å². The van der Waals surface area contributed by atoms with Crippen molar-refractivity contribution in [2.24, 2.45) is 0 Å². The molecular formula is C8H14O6. The Balaban J connectivity index is 2.19. The molecule has 0 aromatic rings. The number of esters is 1. The quantitative estimate of drug-likeness (QED) is 0.453. The molecule has 0 aromatic heterocycles. The fourth-order valence-corrected chi connectivity index (χ4v) is 0.987. The van der Waals surface area contributed by atoms with Crippen molar-refractivity contribution >= 4 is 5.97 Å². The minimum absolute atomic E-state index is 0.227. The van der Waals surface area contributed by atoms with Crippen molar-refractivity contribution in [3.05, 3.63) is 0 Å². The van der Waals surface area contributed by atoms with Crippen LogP contribution in [0.1, 0.15) is 12.8 Å². The molecule has 14 heavy (non-hydrogen) atoms. The molecule has 1 heterocycles. The number of hydrogen-bond donors (Lipinski definition) is 2. The predicted molar refractivity (Wildman–Crippen MR) is 44.1 cm³/mol. The topological polar surface area (TPSA) is 85.2 Å². The second-order valence-electron chi connectivity index (χ2n) is 3.02. The Morgan fingerprint density at radius 1 is 1.64 bits per heavy atom. The zero-order valence-electron chi connectivity index (χ0n) is 7.72. The van der Waals surface area contributed by atoms with Crippen molar-refractivity contribution in [1.29, 1.82) is 0 Å². The standard InChI is InChI=1S/C8H14O6/c9-4-6(10)5-12-8(11)7-2-1-3-13-14-7/h6-7,9-10H,1-5H2. The molecule has 1 aliphatic heterocycles. The van der Waals surface area contributed by atoms with Crippen LogP contribution in [0.5, 0.6) is 0 Å². The number of carbonyl (C=O) groups is 1. The van der Waals surface area contributed by atoms with E-state index in [1.165, 1.54) is 0 Å². The van der Waals surface area contributed by atoms with Gasteiger partial charge >= 0.3 is 5.97 Å². The summed E-state index contributed by atoms with van der Waals surface area (Å²) in [4.78, 5) is 20.5. The van der Waals surface area contributed by atoms with E-state index >= 15 is 0 Å². The Morgan fingerprint density at radius 2 is 2.43 bits per heavy atom. The van der Waals surface area contributed by atoms with E-state index in [-0.39, 0.29) is 6.61 Å². The monoisotopic (exact) mass is 206 g/mol. The van der Waals surface area contributed by atoms with Crippen LogP contribution >= 0.6 is 0 Å². The number of hydrogen-bond acceptors (Lipinski definition) is 6. The van der Waals surface area contributed by atoms with Crippen molar-refractivity contribution < 1.29 is 29.5 Å². The van der Waals surface area contributed by atoms with Gasteiger partial charge in [-0.05, 0) is 12.8 Å². The second-order valence-corrected chi connectivity index (χ2v) is 3.02. The van der Waals surface area contributed by atoms with Gasteiger partial charge in [-0.3, -0.25) is 0 Å². The molecular weight excluding hydrogens is 192 g/mol. The Labute approximate surface area is 81.3 Å². The van der Waals surface area contributed by atoms with Crippen LogP contribution in [-0.2, 0) is 19.3 Å². The van der Waals surface area contributed by atoms with E-state index in [1.54, 1.807) is 0 Å². The Bertz CT molecular complexity index is 177. The van der Waals surface area contributed by atoms with Crippen LogP contribution in [0.15, 0.2) is 0 Å². The van der Waals surface area contributed by atoms with E-state index in [4.69, 9.17) is 10.2 Å². The van der Waals surface area contributed by atoms with E-state index in [9.17, 15) is 4.79 Å². The lowest BCUT2D eigenvalue weighted by atomic mass is 10.2. The summed E-state index contributed by atoms with van der Waals surface area (Å²) < 4.78 is 4.68. The van der Waals surface area contributed by atoms with Crippen LogP contribution in [0.3, 0.4) is 0 Å². The highest BCUT2D eigenvalue weighted by Gasteiger charge is 2.25. The first kappa shape index (κ1) is 11.4. The van der Waals surface area contributed by atoms with Gasteiger partial charge in [0, 0.05) is 0 Å². The fourth-order valence-electron chi connectivity index (χ4n) is 0.987. The van der Waals surface area contributed by atoms with Crippen molar-refractivity contribution in [3.8, 4) is 0 Å². The molecule has 6 heteroatoms. The highest BCUT2D eigenvalue weighted by molar-refractivity contribution is 5.74. The number of aliphatic hydroxyl groups is 2. The van der Waals surface area contributed by atoms with E-state index in [0.29, 0.717) is 13.0 Å². The smallest absolute Gasteiger partial charge is 0.338 e. The molecule has 2 N–H and O–H groups in total. The maximum absolute atomic E-state index is 11.2. The number of carbonyl (C=O) groups excluding carboxylic acids is 1. The predicted octanol–water partition coefficient (Wildman–Crippen LogP) is -1.01. The van der Waals surface area contributed by atoms with E-state index in [2.05, 4.69) is 14.5 Å². The van der Waals surface area contributed by atoms with Gasteiger partial charge in [-0.2, -0.15) is 0 Å². The highest BCUT2D eigenvalue weighted by atomic mass is 17.2. The molecule has 0 aliphatic carbocycles. The fraction of sp³-hybridized carbons (Fsp3) is 0.875. The molecule has 1 aliphatic rings. The zero-order chi connectivity index (χ0) is 10.4. The summed E-state index contributed by atoms with van der Waals surface area (Å²) in [7, 11) is 0. The molecule has 0 spiro atoms. The molecule has 1 saturated heterocycles. The third-order valence-electron chi connectivity index (χ3n) is 1.77. The van der Waals surface area contributed by atoms with Gasteiger partial charge < -0.3 is 14.9 Å². The lowest BCUT2D eigenvalue weighted by Crippen LogP contribution is -2.33. The largest absolute Gasteiger partial charge is 0.461 e. The average molecular weight is 206 g/mol. The van der Waals surface area contributed by atoms with Crippen LogP contribution < -0.4 is 0 Å². The van der Waals surface area contributed by atoms with E-state index < -0.39 is 24.8 Å². The summed E-state index contributed by atoms with van der Waals surface area (Å²) in [6.45, 7) is -0.187. The second kappa shape index (κ2) is 5.92. The van der Waals surface area contributed by atoms with Crippen LogP contribution in [0.4, 0.5) is 0 Å². The third kappa shape index (κ3) is 3.59. The van der Waals surface area contributed by atoms with Crippen LogP contribution in [0.2, 0.25) is 0 Å². The van der Waals surface area contributed by atoms with Gasteiger partial charge in [0.1, 0.15) is 12.7 Å². The van der Waals surface area contributed by atoms with Gasteiger partial charge in [0.2, 0.25) is 0 Å². The Hall–Kier alpha value is -0.690. The van der Waals surface area contributed by atoms with Gasteiger partial charge in [0.15, 0.2) is 6.10 Å². The summed E-state index contributed by atoms with van der Waals surface area (Å²) >= 11 is 0. The number of ether oxygens (including phenoxy) is 1. The molecule has 0 saturated carbocycles. The first-order valence-corrected chi connectivity index (χ1v) is 4.48. The maximum atomic E-state index is 11.2. The van der Waals surface area contributed by atoms with Crippen LogP contribution in [0, 0.1) is 0 Å². The SMILES string of the molecule is O=C(OCC(O)CO)C1CCCOO1. The van der Waals surface area contributed by atoms with Gasteiger partial charge in [0.25, 0.3) is 0 Å². The van der Waals surface area contributed by atoms with Crippen LogP contribution in [-0.4, -0.2) is 48.2 Å². The van der Waals surface area contributed by atoms with Crippen molar-refractivity contribution in [2.45, 2.75) is 25.0 Å². The molecule has 1 rings (SSSR count). The molecule has 6 nitrogen and oxygen atoms in total. The lowest BCUT2D eigenvalue weighted by Gasteiger charge is -2.20. The Morgan fingerprint density at radius 3 is 3.00 bits per heavy atom. The summed E-state index contributed by atoms with van der Waals surface area (Å²) in [6, 6.07) is 0. The van der Waals surface area contributed by atoms with E-state index in [1.807, 2.05) is 0 Å². The average Bonchev–Trinajstić information content (AvgIpc) is 2.26. The maximum Gasteiger partial charge on any atom is 0.338 e. The van der Waals surface area contributed by atoms with Crippen molar-refractivity contribution in [3.63, 3.8) is 0 Å². The molecule has 2 unspecified atom stereocenters. The summed E-state index contributed by atoms with van der Waals surface area (Å²) in [5.74, 6) is -0.572.